The number of carbonyl (C=O) groups excluding carboxylic acids is 1. The van der Waals surface area contributed by atoms with Crippen LogP contribution in [0, 0.1) is 0 Å². The van der Waals surface area contributed by atoms with Gasteiger partial charge in [-0.1, -0.05) is 37.3 Å². The lowest BCUT2D eigenvalue weighted by Gasteiger charge is -2.18. The summed E-state index contributed by atoms with van der Waals surface area (Å²) < 4.78 is 23.7. The third-order valence-corrected chi connectivity index (χ3v) is 4.86. The van der Waals surface area contributed by atoms with Crippen molar-refractivity contribution in [3.8, 4) is 0 Å². The summed E-state index contributed by atoms with van der Waals surface area (Å²) in [4.78, 5) is 12.6. The van der Waals surface area contributed by atoms with E-state index in [1.165, 1.54) is 6.07 Å². The lowest BCUT2D eigenvalue weighted by atomic mass is 10.1. The van der Waals surface area contributed by atoms with E-state index in [1.54, 1.807) is 25.1 Å². The molecule has 2 aromatic carbocycles. The maximum absolute atomic E-state index is 12.4. The molecule has 2 N–H and O–H groups in total. The van der Waals surface area contributed by atoms with Crippen LogP contribution >= 0.6 is 0 Å². The number of aryl methyl sites for hydroxylation is 1. The summed E-state index contributed by atoms with van der Waals surface area (Å²) in [6.45, 7) is 3.72. The van der Waals surface area contributed by atoms with Gasteiger partial charge in [0.1, 0.15) is 6.04 Å². The summed E-state index contributed by atoms with van der Waals surface area (Å²) >= 11 is 0. The molecule has 0 spiro atoms. The Balaban J connectivity index is 2.16. The van der Waals surface area contributed by atoms with E-state index < -0.39 is 15.9 Å². The molecule has 0 saturated heterocycles. The van der Waals surface area contributed by atoms with E-state index in [-0.39, 0.29) is 10.8 Å². The quantitative estimate of drug-likeness (QED) is 0.843. The molecule has 0 radical (unpaired) electrons. The van der Waals surface area contributed by atoms with E-state index in [1.807, 2.05) is 31.2 Å². The first-order valence-corrected chi connectivity index (χ1v) is 9.66. The van der Waals surface area contributed by atoms with Crippen LogP contribution < -0.4 is 10.6 Å². The number of hydrogen-bond donors (Lipinski definition) is 2. The molecule has 24 heavy (non-hydrogen) atoms. The summed E-state index contributed by atoms with van der Waals surface area (Å²) in [5, 5.41) is 5.87. The number of anilines is 2. The molecular formula is C18H22N2O3S. The van der Waals surface area contributed by atoms with Gasteiger partial charge in [0, 0.05) is 11.9 Å². The van der Waals surface area contributed by atoms with Gasteiger partial charge in [0.2, 0.25) is 5.91 Å². The van der Waals surface area contributed by atoms with E-state index >= 15 is 0 Å². The number of hydrogen-bond acceptors (Lipinski definition) is 4. The van der Waals surface area contributed by atoms with Gasteiger partial charge in [-0.05, 0) is 37.1 Å². The van der Waals surface area contributed by atoms with Crippen LogP contribution in [0.4, 0.5) is 11.4 Å². The summed E-state index contributed by atoms with van der Waals surface area (Å²) in [6, 6.07) is 13.6. The fraction of sp³-hybridized carbons (Fsp3) is 0.278. The normalized spacial score (nSPS) is 12.5. The summed E-state index contributed by atoms with van der Waals surface area (Å²) in [5.74, 6) is -0.223. The van der Waals surface area contributed by atoms with Crippen molar-refractivity contribution in [3.05, 3.63) is 54.1 Å². The standard InChI is InChI=1S/C18H22N2O3S/c1-4-14-9-5-6-10-15(14)20-18(21)13(2)19-16-11-7-8-12-17(16)24(3,22)23/h5-13,19H,4H2,1-3H3,(H,20,21). The third-order valence-electron chi connectivity index (χ3n) is 3.71. The maximum Gasteiger partial charge on any atom is 0.246 e. The number of para-hydroxylation sites is 2. The average molecular weight is 346 g/mol. The molecular weight excluding hydrogens is 324 g/mol. The van der Waals surface area contributed by atoms with Crippen molar-refractivity contribution in [1.29, 1.82) is 0 Å². The lowest BCUT2D eigenvalue weighted by molar-refractivity contribution is -0.116. The largest absolute Gasteiger partial charge is 0.373 e. The predicted molar refractivity (Wildman–Crippen MR) is 97.1 cm³/mol. The lowest BCUT2D eigenvalue weighted by Crippen LogP contribution is -2.32. The molecule has 0 saturated carbocycles. The van der Waals surface area contributed by atoms with Gasteiger partial charge in [-0.2, -0.15) is 0 Å². The van der Waals surface area contributed by atoms with E-state index in [9.17, 15) is 13.2 Å². The van der Waals surface area contributed by atoms with Crippen molar-refractivity contribution in [2.75, 3.05) is 16.9 Å². The van der Waals surface area contributed by atoms with Crippen molar-refractivity contribution in [3.63, 3.8) is 0 Å². The Hall–Kier alpha value is -2.34. The molecule has 2 rings (SSSR count). The highest BCUT2D eigenvalue weighted by molar-refractivity contribution is 7.90. The van der Waals surface area contributed by atoms with Crippen LogP contribution in [-0.4, -0.2) is 26.6 Å². The molecule has 6 heteroatoms. The van der Waals surface area contributed by atoms with Gasteiger partial charge < -0.3 is 10.6 Å². The number of amides is 1. The molecule has 0 aliphatic heterocycles. The molecule has 2 aromatic rings. The molecule has 0 aromatic heterocycles. The summed E-state index contributed by atoms with van der Waals surface area (Å²) in [7, 11) is -3.37. The molecule has 128 valence electrons. The Morgan fingerprint density at radius 2 is 1.62 bits per heavy atom. The van der Waals surface area contributed by atoms with Crippen LogP contribution in [0.15, 0.2) is 53.4 Å². The Labute approximate surface area is 143 Å². The van der Waals surface area contributed by atoms with Crippen LogP contribution in [0.1, 0.15) is 19.4 Å². The number of rotatable bonds is 6. The smallest absolute Gasteiger partial charge is 0.246 e. The minimum absolute atomic E-state index is 0.179. The molecule has 5 nitrogen and oxygen atoms in total. The zero-order valence-corrected chi connectivity index (χ0v) is 14.9. The van der Waals surface area contributed by atoms with Crippen LogP contribution in [0.2, 0.25) is 0 Å². The second-order valence-electron chi connectivity index (χ2n) is 5.63. The van der Waals surface area contributed by atoms with Crippen molar-refractivity contribution in [1.82, 2.24) is 0 Å². The van der Waals surface area contributed by atoms with Crippen molar-refractivity contribution >= 4 is 27.1 Å². The third kappa shape index (κ3) is 4.35. The molecule has 0 aliphatic carbocycles. The number of nitrogens with one attached hydrogen (secondary N) is 2. The zero-order valence-electron chi connectivity index (χ0n) is 14.0. The Morgan fingerprint density at radius 3 is 2.25 bits per heavy atom. The average Bonchev–Trinajstić information content (AvgIpc) is 2.54. The van der Waals surface area contributed by atoms with Crippen molar-refractivity contribution in [2.45, 2.75) is 31.2 Å². The number of carbonyl (C=O) groups is 1. The van der Waals surface area contributed by atoms with Crippen molar-refractivity contribution < 1.29 is 13.2 Å². The molecule has 0 heterocycles. The molecule has 1 unspecified atom stereocenters. The van der Waals surface area contributed by atoms with E-state index in [0.29, 0.717) is 5.69 Å². The van der Waals surface area contributed by atoms with Gasteiger partial charge in [-0.15, -0.1) is 0 Å². The van der Waals surface area contributed by atoms with Crippen LogP contribution in [0.5, 0.6) is 0 Å². The number of benzene rings is 2. The van der Waals surface area contributed by atoms with E-state index in [0.717, 1.165) is 23.9 Å². The predicted octanol–water partition coefficient (Wildman–Crippen LogP) is 3.09. The summed E-state index contributed by atoms with van der Waals surface area (Å²) in [5.41, 5.74) is 2.25. The molecule has 0 aliphatic rings. The van der Waals surface area contributed by atoms with Crippen molar-refractivity contribution in [2.24, 2.45) is 0 Å². The van der Waals surface area contributed by atoms with Gasteiger partial charge in [0.25, 0.3) is 0 Å². The SMILES string of the molecule is CCc1ccccc1NC(=O)C(C)Nc1ccccc1S(C)(=O)=O. The fourth-order valence-electron chi connectivity index (χ4n) is 2.40. The van der Waals surface area contributed by atoms with Crippen LogP contribution in [0.25, 0.3) is 0 Å². The van der Waals surface area contributed by atoms with Gasteiger partial charge in [0.05, 0.1) is 10.6 Å². The number of sulfone groups is 1. The maximum atomic E-state index is 12.4. The van der Waals surface area contributed by atoms with Crippen LogP contribution in [0.3, 0.4) is 0 Å². The first-order valence-electron chi connectivity index (χ1n) is 7.77. The highest BCUT2D eigenvalue weighted by atomic mass is 32.2. The topological polar surface area (TPSA) is 75.3 Å². The van der Waals surface area contributed by atoms with Gasteiger partial charge >= 0.3 is 0 Å². The second kappa shape index (κ2) is 7.49. The minimum atomic E-state index is -3.37. The first kappa shape index (κ1) is 18.0. The van der Waals surface area contributed by atoms with Gasteiger partial charge in [-0.25, -0.2) is 8.42 Å². The molecule has 0 bridgehead atoms. The monoisotopic (exact) mass is 346 g/mol. The van der Waals surface area contributed by atoms with Gasteiger partial charge in [0.15, 0.2) is 9.84 Å². The van der Waals surface area contributed by atoms with E-state index in [2.05, 4.69) is 10.6 Å². The highest BCUT2D eigenvalue weighted by Crippen LogP contribution is 2.22. The fourth-order valence-corrected chi connectivity index (χ4v) is 3.25. The molecule has 0 fully saturated rings. The highest BCUT2D eigenvalue weighted by Gasteiger charge is 2.18. The van der Waals surface area contributed by atoms with Gasteiger partial charge in [-0.3, -0.25) is 4.79 Å². The van der Waals surface area contributed by atoms with Crippen LogP contribution in [-0.2, 0) is 21.1 Å². The Bertz CT molecular complexity index is 832. The zero-order chi connectivity index (χ0) is 17.7. The Morgan fingerprint density at radius 1 is 1.04 bits per heavy atom. The first-order chi connectivity index (χ1) is 11.3. The molecule has 1 amide bonds. The second-order valence-corrected chi connectivity index (χ2v) is 7.62. The minimum Gasteiger partial charge on any atom is -0.373 e. The Kier molecular flexibility index (Phi) is 5.62. The summed E-state index contributed by atoms with van der Waals surface area (Å²) in [6.07, 6.45) is 1.96. The van der Waals surface area contributed by atoms with E-state index in [4.69, 9.17) is 0 Å². The molecule has 1 atom stereocenters.